The lowest BCUT2D eigenvalue weighted by Crippen LogP contribution is -2.04. The molecular formula is C15H15F2N5S. The van der Waals surface area contributed by atoms with E-state index in [0.29, 0.717) is 28.6 Å². The number of aromatic nitrogens is 5. The van der Waals surface area contributed by atoms with Crippen molar-refractivity contribution in [1.82, 2.24) is 24.3 Å². The fourth-order valence-electron chi connectivity index (χ4n) is 2.35. The van der Waals surface area contributed by atoms with Gasteiger partial charge in [-0.25, -0.2) is 4.98 Å². The van der Waals surface area contributed by atoms with E-state index in [1.807, 2.05) is 11.5 Å². The third-order valence-electron chi connectivity index (χ3n) is 3.41. The van der Waals surface area contributed by atoms with E-state index in [9.17, 15) is 8.78 Å². The van der Waals surface area contributed by atoms with Gasteiger partial charge in [0.1, 0.15) is 11.6 Å². The number of allylic oxidation sites excluding steroid dienone is 1. The number of aryl methyl sites for hydroxylation is 1. The van der Waals surface area contributed by atoms with E-state index in [0.717, 1.165) is 10.4 Å². The third kappa shape index (κ3) is 2.98. The SMILES string of the molecule is C=CCn1c(C)nnc1SCc1nc2ccccc2n1C(F)F. The van der Waals surface area contributed by atoms with Crippen molar-refractivity contribution in [3.8, 4) is 0 Å². The van der Waals surface area contributed by atoms with Crippen molar-refractivity contribution in [2.75, 3.05) is 0 Å². The molecule has 0 saturated carbocycles. The van der Waals surface area contributed by atoms with Gasteiger partial charge in [0.05, 0.1) is 16.8 Å². The molecule has 0 bridgehead atoms. The van der Waals surface area contributed by atoms with Crippen LogP contribution in [0, 0.1) is 6.92 Å². The average Bonchev–Trinajstić information content (AvgIpc) is 3.07. The smallest absolute Gasteiger partial charge is 0.302 e. The van der Waals surface area contributed by atoms with Crippen LogP contribution >= 0.6 is 11.8 Å². The minimum absolute atomic E-state index is 0.286. The van der Waals surface area contributed by atoms with E-state index in [2.05, 4.69) is 21.8 Å². The van der Waals surface area contributed by atoms with E-state index < -0.39 is 6.55 Å². The number of fused-ring (bicyclic) bond motifs is 1. The average molecular weight is 335 g/mol. The van der Waals surface area contributed by atoms with E-state index in [1.54, 1.807) is 30.3 Å². The number of hydrogen-bond donors (Lipinski definition) is 0. The molecule has 1 aromatic carbocycles. The molecule has 3 aromatic rings. The van der Waals surface area contributed by atoms with Crippen LogP contribution in [0.4, 0.5) is 8.78 Å². The molecule has 0 fully saturated rings. The minimum atomic E-state index is -2.63. The summed E-state index contributed by atoms with van der Waals surface area (Å²) in [7, 11) is 0. The number of rotatable bonds is 6. The van der Waals surface area contributed by atoms with Crippen LogP contribution in [0.5, 0.6) is 0 Å². The van der Waals surface area contributed by atoms with Crippen molar-refractivity contribution in [1.29, 1.82) is 0 Å². The van der Waals surface area contributed by atoms with Crippen molar-refractivity contribution in [2.24, 2.45) is 0 Å². The van der Waals surface area contributed by atoms with Crippen LogP contribution in [0.3, 0.4) is 0 Å². The van der Waals surface area contributed by atoms with Gasteiger partial charge in [-0.2, -0.15) is 8.78 Å². The highest BCUT2D eigenvalue weighted by Gasteiger charge is 2.18. The van der Waals surface area contributed by atoms with Crippen molar-refractivity contribution in [3.05, 3.63) is 48.6 Å². The van der Waals surface area contributed by atoms with Crippen molar-refractivity contribution < 1.29 is 8.78 Å². The van der Waals surface area contributed by atoms with Gasteiger partial charge < -0.3 is 4.57 Å². The maximum atomic E-state index is 13.4. The van der Waals surface area contributed by atoms with Crippen molar-refractivity contribution >= 4 is 22.8 Å². The molecular weight excluding hydrogens is 320 g/mol. The Kier molecular flexibility index (Phi) is 4.42. The van der Waals surface area contributed by atoms with Gasteiger partial charge in [0.15, 0.2) is 5.16 Å². The molecule has 0 aliphatic heterocycles. The maximum absolute atomic E-state index is 13.4. The number of nitrogens with zero attached hydrogens (tertiary/aromatic N) is 5. The highest BCUT2D eigenvalue weighted by atomic mass is 32.2. The Morgan fingerprint density at radius 1 is 1.30 bits per heavy atom. The predicted molar refractivity (Wildman–Crippen MR) is 85.5 cm³/mol. The highest BCUT2D eigenvalue weighted by Crippen LogP contribution is 2.28. The quantitative estimate of drug-likeness (QED) is 0.508. The fourth-order valence-corrected chi connectivity index (χ4v) is 3.27. The predicted octanol–water partition coefficient (Wildman–Crippen LogP) is 3.81. The summed E-state index contributed by atoms with van der Waals surface area (Å²) in [6, 6.07) is 6.88. The van der Waals surface area contributed by atoms with E-state index in [4.69, 9.17) is 0 Å². The van der Waals surface area contributed by atoms with Crippen LogP contribution in [0.25, 0.3) is 11.0 Å². The topological polar surface area (TPSA) is 48.5 Å². The Bertz CT molecular complexity index is 840. The summed E-state index contributed by atoms with van der Waals surface area (Å²) in [6.07, 6.45) is 1.74. The van der Waals surface area contributed by atoms with Crippen LogP contribution in [0.2, 0.25) is 0 Å². The van der Waals surface area contributed by atoms with Crippen molar-refractivity contribution in [2.45, 2.75) is 30.9 Å². The van der Waals surface area contributed by atoms with Crippen molar-refractivity contribution in [3.63, 3.8) is 0 Å². The number of benzene rings is 1. The van der Waals surface area contributed by atoms with Crippen LogP contribution in [0.15, 0.2) is 42.1 Å². The summed E-state index contributed by atoms with van der Waals surface area (Å²) in [6.45, 7) is 3.49. The zero-order chi connectivity index (χ0) is 16.4. The Morgan fingerprint density at radius 2 is 2.09 bits per heavy atom. The van der Waals surface area contributed by atoms with Gasteiger partial charge in [-0.05, 0) is 19.1 Å². The third-order valence-corrected chi connectivity index (χ3v) is 4.37. The molecule has 3 rings (SSSR count). The first-order valence-corrected chi connectivity index (χ1v) is 7.98. The molecule has 0 spiro atoms. The first kappa shape index (κ1) is 15.7. The summed E-state index contributed by atoms with van der Waals surface area (Å²) in [5, 5.41) is 8.76. The van der Waals surface area contributed by atoms with Gasteiger partial charge in [0.25, 0.3) is 0 Å². The van der Waals surface area contributed by atoms with Crippen LogP contribution < -0.4 is 0 Å². The standard InChI is InChI=1S/C15H15F2N5S/c1-3-8-21-10(2)19-20-15(21)23-9-13-18-11-6-4-5-7-12(11)22(13)14(16)17/h3-7,14H,1,8-9H2,2H3. The zero-order valence-corrected chi connectivity index (χ0v) is 13.3. The largest absolute Gasteiger partial charge is 0.320 e. The summed E-state index contributed by atoms with van der Waals surface area (Å²) >= 11 is 1.33. The second-order valence-corrected chi connectivity index (χ2v) is 5.82. The van der Waals surface area contributed by atoms with Gasteiger partial charge in [-0.3, -0.25) is 4.57 Å². The zero-order valence-electron chi connectivity index (χ0n) is 12.5. The number of halogens is 2. The number of imidazole rings is 1. The highest BCUT2D eigenvalue weighted by molar-refractivity contribution is 7.98. The van der Waals surface area contributed by atoms with Crippen LogP contribution in [-0.4, -0.2) is 24.3 Å². The van der Waals surface area contributed by atoms with Crippen LogP contribution in [0.1, 0.15) is 18.2 Å². The molecule has 0 saturated heterocycles. The van der Waals surface area contributed by atoms with Gasteiger partial charge >= 0.3 is 6.55 Å². The molecule has 0 unspecified atom stereocenters. The number of thioether (sulfide) groups is 1. The molecule has 0 radical (unpaired) electrons. The Hall–Kier alpha value is -2.22. The van der Waals surface area contributed by atoms with Gasteiger partial charge in [0, 0.05) is 6.54 Å². The van der Waals surface area contributed by atoms with E-state index in [-0.39, 0.29) is 5.75 Å². The molecule has 0 atom stereocenters. The van der Waals surface area contributed by atoms with E-state index >= 15 is 0 Å². The van der Waals surface area contributed by atoms with Gasteiger partial charge in [0.2, 0.25) is 0 Å². The Morgan fingerprint density at radius 3 is 2.83 bits per heavy atom. The first-order chi connectivity index (χ1) is 11.1. The summed E-state index contributed by atoms with van der Waals surface area (Å²) in [5.41, 5.74) is 0.994. The lowest BCUT2D eigenvalue weighted by molar-refractivity contribution is 0.0722. The number of alkyl halides is 2. The molecule has 120 valence electrons. The molecule has 0 N–H and O–H groups in total. The normalized spacial score (nSPS) is 11.5. The molecule has 2 aromatic heterocycles. The van der Waals surface area contributed by atoms with Gasteiger partial charge in [-0.15, -0.1) is 16.8 Å². The summed E-state index contributed by atoms with van der Waals surface area (Å²) in [5.74, 6) is 1.36. The second-order valence-electron chi connectivity index (χ2n) is 4.88. The second kappa shape index (κ2) is 6.49. The fraction of sp³-hybridized carbons (Fsp3) is 0.267. The molecule has 0 aliphatic carbocycles. The maximum Gasteiger partial charge on any atom is 0.320 e. The summed E-state index contributed by atoms with van der Waals surface area (Å²) in [4.78, 5) is 4.32. The van der Waals surface area contributed by atoms with Crippen LogP contribution in [-0.2, 0) is 12.3 Å². The molecule has 8 heteroatoms. The number of hydrogen-bond acceptors (Lipinski definition) is 4. The molecule has 23 heavy (non-hydrogen) atoms. The number of para-hydroxylation sites is 2. The Labute approximate surface area is 136 Å². The summed E-state index contributed by atoms with van der Waals surface area (Å²) < 4.78 is 29.6. The monoisotopic (exact) mass is 335 g/mol. The molecule has 0 aliphatic rings. The molecule has 0 amide bonds. The first-order valence-electron chi connectivity index (χ1n) is 6.99. The van der Waals surface area contributed by atoms with Gasteiger partial charge in [-0.1, -0.05) is 30.0 Å². The molecule has 5 nitrogen and oxygen atoms in total. The molecule has 2 heterocycles. The van der Waals surface area contributed by atoms with E-state index in [1.165, 1.54) is 11.8 Å². The lowest BCUT2D eigenvalue weighted by atomic mass is 10.3. The lowest BCUT2D eigenvalue weighted by Gasteiger charge is -2.08. The Balaban J connectivity index is 1.90. The minimum Gasteiger partial charge on any atom is -0.302 e.